The number of benzene rings is 1. The summed E-state index contributed by atoms with van der Waals surface area (Å²) in [5.41, 5.74) is 7.03. The van der Waals surface area contributed by atoms with Crippen molar-refractivity contribution in [1.29, 1.82) is 0 Å². The minimum atomic E-state index is -0.565. The molecule has 1 aromatic carbocycles. The molecule has 1 aromatic heterocycles. The maximum absolute atomic E-state index is 12.0. The molecule has 2 rings (SSSR count). The lowest BCUT2D eigenvalue weighted by atomic mass is 10.0. The molecule has 23 heavy (non-hydrogen) atoms. The lowest BCUT2D eigenvalue weighted by Gasteiger charge is -2.15. The minimum absolute atomic E-state index is 0. The molecule has 0 saturated carbocycles. The lowest BCUT2D eigenvalue weighted by molar-refractivity contribution is -0.118. The van der Waals surface area contributed by atoms with Gasteiger partial charge in [0.2, 0.25) is 5.91 Å². The number of thiophene rings is 1. The molecule has 124 valence electrons. The second-order valence-electron chi connectivity index (χ2n) is 5.27. The Hall–Kier alpha value is -1.89. The Labute approximate surface area is 145 Å². The van der Waals surface area contributed by atoms with Crippen LogP contribution >= 0.6 is 23.7 Å². The highest BCUT2D eigenvalue weighted by Crippen LogP contribution is 2.18. The van der Waals surface area contributed by atoms with E-state index in [9.17, 15) is 9.59 Å². The van der Waals surface area contributed by atoms with Crippen molar-refractivity contribution in [3.05, 3.63) is 46.7 Å². The fourth-order valence-electron chi connectivity index (χ4n) is 1.80. The number of halogens is 1. The number of carbonyl (C=O) groups excluding carboxylic acids is 2. The number of nitrogens with one attached hydrogen (secondary N) is 2. The average Bonchev–Trinajstić information content (AvgIpc) is 3.01. The molecular weight excluding hydrogens is 334 g/mol. The number of nitrogens with two attached hydrogens (primary N) is 1. The monoisotopic (exact) mass is 353 g/mol. The van der Waals surface area contributed by atoms with E-state index in [0.717, 1.165) is 0 Å². The number of hydrogen-bond acceptors (Lipinski definition) is 4. The van der Waals surface area contributed by atoms with Gasteiger partial charge in [-0.2, -0.15) is 0 Å². The van der Waals surface area contributed by atoms with Crippen molar-refractivity contribution in [3.63, 3.8) is 0 Å². The van der Waals surface area contributed by atoms with Gasteiger partial charge in [0.1, 0.15) is 0 Å². The highest BCUT2D eigenvalue weighted by Gasteiger charge is 2.17. The Kier molecular flexibility index (Phi) is 7.22. The standard InChI is InChI=1S/C16H19N3O2S.ClH/c1-10(2)14(17)16(21)19-12-6-3-5-11(9-12)18-15(20)13-7-4-8-22-13;/h3-10,14H,17H2,1-2H3,(H,18,20)(H,19,21);1H/t14-;/m1./s1. The largest absolute Gasteiger partial charge is 0.325 e. The molecule has 0 bridgehead atoms. The molecule has 5 nitrogen and oxygen atoms in total. The molecule has 4 N–H and O–H groups in total. The maximum Gasteiger partial charge on any atom is 0.265 e. The smallest absolute Gasteiger partial charge is 0.265 e. The van der Waals surface area contributed by atoms with Crippen LogP contribution < -0.4 is 16.4 Å². The van der Waals surface area contributed by atoms with Crippen molar-refractivity contribution in [2.45, 2.75) is 19.9 Å². The fraction of sp³-hybridized carbons (Fsp3) is 0.250. The molecule has 0 aliphatic carbocycles. The van der Waals surface area contributed by atoms with Crippen LogP contribution in [0.2, 0.25) is 0 Å². The molecule has 0 saturated heterocycles. The predicted octanol–water partition coefficient (Wildman–Crippen LogP) is 3.34. The van der Waals surface area contributed by atoms with Crippen LogP contribution in [-0.2, 0) is 4.79 Å². The number of carbonyl (C=O) groups is 2. The molecule has 7 heteroatoms. The third kappa shape index (κ3) is 5.35. The summed E-state index contributed by atoms with van der Waals surface area (Å²) in [6, 6.07) is 10.0. The Bertz CT molecular complexity index is 659. The summed E-state index contributed by atoms with van der Waals surface area (Å²) < 4.78 is 0. The second kappa shape index (κ2) is 8.67. The lowest BCUT2D eigenvalue weighted by Crippen LogP contribution is -2.39. The zero-order chi connectivity index (χ0) is 16.1. The quantitative estimate of drug-likeness (QED) is 0.770. The van der Waals surface area contributed by atoms with Crippen molar-refractivity contribution in [2.75, 3.05) is 10.6 Å². The van der Waals surface area contributed by atoms with E-state index in [1.807, 2.05) is 25.3 Å². The average molecular weight is 354 g/mol. The molecule has 0 aliphatic rings. The first-order valence-electron chi connectivity index (χ1n) is 6.98. The van der Waals surface area contributed by atoms with Crippen LogP contribution in [0.25, 0.3) is 0 Å². The van der Waals surface area contributed by atoms with Gasteiger partial charge in [0.25, 0.3) is 5.91 Å². The number of hydrogen-bond donors (Lipinski definition) is 3. The molecule has 0 unspecified atom stereocenters. The molecule has 1 atom stereocenters. The van der Waals surface area contributed by atoms with Gasteiger partial charge in [0.05, 0.1) is 10.9 Å². The van der Waals surface area contributed by atoms with E-state index in [-0.39, 0.29) is 30.1 Å². The molecule has 0 spiro atoms. The fourth-order valence-corrected chi connectivity index (χ4v) is 2.42. The molecule has 2 aromatic rings. The van der Waals surface area contributed by atoms with Gasteiger partial charge in [0.15, 0.2) is 0 Å². The van der Waals surface area contributed by atoms with Gasteiger partial charge in [-0.3, -0.25) is 9.59 Å². The van der Waals surface area contributed by atoms with Crippen molar-refractivity contribution < 1.29 is 9.59 Å². The van der Waals surface area contributed by atoms with Gasteiger partial charge >= 0.3 is 0 Å². The van der Waals surface area contributed by atoms with Crippen molar-refractivity contribution in [2.24, 2.45) is 11.7 Å². The zero-order valence-electron chi connectivity index (χ0n) is 12.9. The minimum Gasteiger partial charge on any atom is -0.325 e. The number of amides is 2. The van der Waals surface area contributed by atoms with Gasteiger partial charge in [-0.25, -0.2) is 0 Å². The topological polar surface area (TPSA) is 84.2 Å². The Balaban J connectivity index is 0.00000264. The second-order valence-corrected chi connectivity index (χ2v) is 6.22. The maximum atomic E-state index is 12.0. The normalized spacial score (nSPS) is 11.5. The highest BCUT2D eigenvalue weighted by molar-refractivity contribution is 7.12. The first-order valence-corrected chi connectivity index (χ1v) is 7.86. The van der Waals surface area contributed by atoms with E-state index < -0.39 is 6.04 Å². The Morgan fingerprint density at radius 3 is 2.30 bits per heavy atom. The van der Waals surface area contributed by atoms with Crippen LogP contribution in [0.4, 0.5) is 11.4 Å². The summed E-state index contributed by atoms with van der Waals surface area (Å²) in [5, 5.41) is 7.40. The van der Waals surface area contributed by atoms with Gasteiger partial charge in [-0.05, 0) is 35.6 Å². The predicted molar refractivity (Wildman–Crippen MR) is 97.4 cm³/mol. The van der Waals surface area contributed by atoms with E-state index in [1.54, 1.807) is 30.3 Å². The van der Waals surface area contributed by atoms with Crippen molar-refractivity contribution >= 4 is 46.9 Å². The third-order valence-electron chi connectivity index (χ3n) is 3.15. The number of rotatable bonds is 5. The Morgan fingerprint density at radius 2 is 1.74 bits per heavy atom. The molecule has 1 heterocycles. The van der Waals surface area contributed by atoms with Gasteiger partial charge < -0.3 is 16.4 Å². The number of anilines is 2. The van der Waals surface area contributed by atoms with E-state index in [1.165, 1.54) is 11.3 Å². The SMILES string of the molecule is CC(C)[C@@H](N)C(=O)Nc1cccc(NC(=O)c2cccs2)c1.Cl. The van der Waals surface area contributed by atoms with Gasteiger partial charge in [-0.15, -0.1) is 23.7 Å². The van der Waals surface area contributed by atoms with Crippen molar-refractivity contribution in [1.82, 2.24) is 0 Å². The molecule has 0 fully saturated rings. The van der Waals surface area contributed by atoms with Crippen molar-refractivity contribution in [3.8, 4) is 0 Å². The van der Waals surface area contributed by atoms with E-state index in [4.69, 9.17) is 5.73 Å². The summed E-state index contributed by atoms with van der Waals surface area (Å²) in [7, 11) is 0. The van der Waals surface area contributed by atoms with E-state index in [2.05, 4.69) is 10.6 Å². The van der Waals surface area contributed by atoms with Crippen LogP contribution in [0.15, 0.2) is 41.8 Å². The molecule has 0 aliphatic heterocycles. The summed E-state index contributed by atoms with van der Waals surface area (Å²) in [6.45, 7) is 3.78. The third-order valence-corrected chi connectivity index (χ3v) is 4.02. The molecule has 2 amide bonds. The van der Waals surface area contributed by atoms with Crippen LogP contribution in [-0.4, -0.2) is 17.9 Å². The van der Waals surface area contributed by atoms with Crippen LogP contribution in [0.1, 0.15) is 23.5 Å². The van der Waals surface area contributed by atoms with Gasteiger partial charge in [0, 0.05) is 11.4 Å². The summed E-state index contributed by atoms with van der Waals surface area (Å²) >= 11 is 1.37. The molecular formula is C16H20ClN3O2S. The molecule has 0 radical (unpaired) electrons. The summed E-state index contributed by atoms with van der Waals surface area (Å²) in [4.78, 5) is 24.6. The van der Waals surface area contributed by atoms with Crippen LogP contribution in [0.3, 0.4) is 0 Å². The summed E-state index contributed by atoms with van der Waals surface area (Å²) in [5.74, 6) is -0.351. The summed E-state index contributed by atoms with van der Waals surface area (Å²) in [6.07, 6.45) is 0. The Morgan fingerprint density at radius 1 is 1.09 bits per heavy atom. The van der Waals surface area contributed by atoms with Crippen LogP contribution in [0, 0.1) is 5.92 Å². The highest BCUT2D eigenvalue weighted by atomic mass is 35.5. The van der Waals surface area contributed by atoms with Crippen LogP contribution in [0.5, 0.6) is 0 Å². The van der Waals surface area contributed by atoms with E-state index >= 15 is 0 Å². The van der Waals surface area contributed by atoms with E-state index in [0.29, 0.717) is 16.3 Å². The van der Waals surface area contributed by atoms with Gasteiger partial charge in [-0.1, -0.05) is 26.0 Å². The first-order chi connectivity index (χ1) is 10.5. The first kappa shape index (κ1) is 19.2. The zero-order valence-corrected chi connectivity index (χ0v) is 14.5.